The third-order valence-electron chi connectivity index (χ3n) is 4.10. The van der Waals surface area contributed by atoms with Crippen molar-refractivity contribution in [3.05, 3.63) is 53.6 Å². The van der Waals surface area contributed by atoms with Gasteiger partial charge in [0.25, 0.3) is 5.91 Å². The monoisotopic (exact) mass is 328 g/mol. The zero-order valence-electron chi connectivity index (χ0n) is 13.7. The summed E-state index contributed by atoms with van der Waals surface area (Å²) in [4.78, 5) is 14.5. The largest absolute Gasteiger partial charge is 0.504 e. The standard InChI is InChI=1S/C18H20N2O4/c1-23-11-10-20-17(13-7-5-9-15(24-2)16(13)21)19-14-8-4-3-6-12(14)18(20)22/h3-9,17,19,21H,10-11H2,1-2H3. The highest BCUT2D eigenvalue weighted by Crippen LogP contribution is 2.39. The lowest BCUT2D eigenvalue weighted by molar-refractivity contribution is 0.0607. The molecule has 1 aliphatic rings. The number of nitrogens with one attached hydrogen (secondary N) is 1. The Morgan fingerprint density at radius 3 is 2.71 bits per heavy atom. The Labute approximate surface area is 140 Å². The summed E-state index contributed by atoms with van der Waals surface area (Å²) in [7, 11) is 3.09. The number of para-hydroxylation sites is 2. The van der Waals surface area contributed by atoms with Crippen molar-refractivity contribution >= 4 is 11.6 Å². The van der Waals surface area contributed by atoms with Crippen molar-refractivity contribution in [2.45, 2.75) is 6.17 Å². The molecule has 0 radical (unpaired) electrons. The minimum absolute atomic E-state index is 0.0205. The van der Waals surface area contributed by atoms with Gasteiger partial charge in [-0.25, -0.2) is 0 Å². The van der Waals surface area contributed by atoms with Crippen molar-refractivity contribution in [2.24, 2.45) is 0 Å². The molecule has 2 aromatic rings. The molecular formula is C18H20N2O4. The van der Waals surface area contributed by atoms with Crippen LogP contribution in [0.15, 0.2) is 42.5 Å². The molecular weight excluding hydrogens is 308 g/mol. The summed E-state index contributed by atoms with van der Waals surface area (Å²) >= 11 is 0. The first kappa shape index (κ1) is 16.1. The van der Waals surface area contributed by atoms with Gasteiger partial charge in [0.15, 0.2) is 11.5 Å². The van der Waals surface area contributed by atoms with Crippen LogP contribution < -0.4 is 10.1 Å². The topological polar surface area (TPSA) is 71.0 Å². The van der Waals surface area contributed by atoms with Gasteiger partial charge in [0.1, 0.15) is 6.17 Å². The normalized spacial score (nSPS) is 16.5. The minimum Gasteiger partial charge on any atom is -0.504 e. The van der Waals surface area contributed by atoms with Crippen LogP contribution in [-0.4, -0.2) is 43.3 Å². The molecule has 0 bridgehead atoms. The maximum Gasteiger partial charge on any atom is 0.257 e. The third kappa shape index (κ3) is 2.76. The van der Waals surface area contributed by atoms with Gasteiger partial charge in [-0.05, 0) is 18.2 Å². The second kappa shape index (κ2) is 6.80. The number of anilines is 1. The van der Waals surface area contributed by atoms with Gasteiger partial charge in [-0.1, -0.05) is 24.3 Å². The predicted molar refractivity (Wildman–Crippen MR) is 90.4 cm³/mol. The van der Waals surface area contributed by atoms with Gasteiger partial charge in [0, 0.05) is 24.9 Å². The molecule has 1 aliphatic heterocycles. The van der Waals surface area contributed by atoms with Gasteiger partial charge in [0.2, 0.25) is 0 Å². The van der Waals surface area contributed by atoms with Gasteiger partial charge < -0.3 is 24.8 Å². The maximum atomic E-state index is 12.9. The summed E-state index contributed by atoms with van der Waals surface area (Å²) in [5.74, 6) is 0.285. The number of amides is 1. The van der Waals surface area contributed by atoms with E-state index in [9.17, 15) is 9.90 Å². The Balaban J connectivity index is 2.06. The minimum atomic E-state index is -0.502. The molecule has 1 heterocycles. The van der Waals surface area contributed by atoms with E-state index in [0.717, 1.165) is 5.69 Å². The van der Waals surface area contributed by atoms with Crippen molar-refractivity contribution in [3.63, 3.8) is 0 Å². The van der Waals surface area contributed by atoms with E-state index in [2.05, 4.69) is 5.32 Å². The molecule has 3 rings (SSSR count). The van der Waals surface area contributed by atoms with Gasteiger partial charge in [-0.15, -0.1) is 0 Å². The summed E-state index contributed by atoms with van der Waals surface area (Å²) in [6.07, 6.45) is -0.502. The van der Waals surface area contributed by atoms with E-state index in [-0.39, 0.29) is 11.7 Å². The number of carbonyl (C=O) groups is 1. The molecule has 1 unspecified atom stereocenters. The first-order chi connectivity index (χ1) is 11.7. The number of ether oxygens (including phenoxy) is 2. The molecule has 1 atom stereocenters. The molecule has 6 heteroatoms. The van der Waals surface area contributed by atoms with E-state index in [0.29, 0.717) is 30.0 Å². The fourth-order valence-corrected chi connectivity index (χ4v) is 2.88. The molecule has 24 heavy (non-hydrogen) atoms. The van der Waals surface area contributed by atoms with E-state index < -0.39 is 6.17 Å². The molecule has 0 aromatic heterocycles. The fraction of sp³-hybridized carbons (Fsp3) is 0.278. The number of aromatic hydroxyl groups is 1. The molecule has 0 fully saturated rings. The van der Waals surface area contributed by atoms with Crippen LogP contribution in [0.4, 0.5) is 5.69 Å². The average Bonchev–Trinajstić information content (AvgIpc) is 2.61. The molecule has 0 saturated heterocycles. The predicted octanol–water partition coefficient (Wildman–Crippen LogP) is 2.61. The Hall–Kier alpha value is -2.73. The average molecular weight is 328 g/mol. The highest BCUT2D eigenvalue weighted by Gasteiger charge is 2.34. The molecule has 0 saturated carbocycles. The summed E-state index contributed by atoms with van der Waals surface area (Å²) in [5.41, 5.74) is 1.92. The highest BCUT2D eigenvalue weighted by atomic mass is 16.5. The molecule has 2 N–H and O–H groups in total. The Kier molecular flexibility index (Phi) is 4.57. The number of hydrogen-bond donors (Lipinski definition) is 2. The smallest absolute Gasteiger partial charge is 0.257 e. The van der Waals surface area contributed by atoms with Crippen LogP contribution >= 0.6 is 0 Å². The Bertz CT molecular complexity index is 748. The summed E-state index contributed by atoms with van der Waals surface area (Å²) in [6.45, 7) is 0.800. The van der Waals surface area contributed by atoms with E-state index in [1.165, 1.54) is 7.11 Å². The second-order valence-corrected chi connectivity index (χ2v) is 5.48. The SMILES string of the molecule is COCCN1C(=O)c2ccccc2NC1c1cccc(OC)c1O. The van der Waals surface area contributed by atoms with Crippen molar-refractivity contribution in [1.29, 1.82) is 0 Å². The van der Waals surface area contributed by atoms with Crippen LogP contribution in [0.25, 0.3) is 0 Å². The van der Waals surface area contributed by atoms with E-state index >= 15 is 0 Å². The lowest BCUT2D eigenvalue weighted by atomic mass is 10.0. The van der Waals surface area contributed by atoms with Crippen LogP contribution in [0.1, 0.15) is 22.1 Å². The first-order valence-corrected chi connectivity index (χ1v) is 7.68. The summed E-state index contributed by atoms with van der Waals surface area (Å²) < 4.78 is 10.3. The van der Waals surface area contributed by atoms with Crippen molar-refractivity contribution in [3.8, 4) is 11.5 Å². The van der Waals surface area contributed by atoms with Crippen molar-refractivity contribution < 1.29 is 19.4 Å². The number of phenols is 1. The lowest BCUT2D eigenvalue weighted by Crippen LogP contribution is -2.44. The zero-order valence-corrected chi connectivity index (χ0v) is 13.7. The van der Waals surface area contributed by atoms with E-state index in [1.54, 1.807) is 36.3 Å². The summed E-state index contributed by atoms with van der Waals surface area (Å²) in [5, 5.41) is 13.8. The van der Waals surface area contributed by atoms with Crippen molar-refractivity contribution in [2.75, 3.05) is 32.7 Å². The quantitative estimate of drug-likeness (QED) is 0.883. The molecule has 1 amide bonds. The summed E-state index contributed by atoms with van der Waals surface area (Å²) in [6, 6.07) is 12.6. The molecule has 126 valence electrons. The number of nitrogens with zero attached hydrogens (tertiary/aromatic N) is 1. The van der Waals surface area contributed by atoms with Crippen LogP contribution in [0.2, 0.25) is 0 Å². The Morgan fingerprint density at radius 1 is 1.17 bits per heavy atom. The van der Waals surface area contributed by atoms with Gasteiger partial charge in [-0.3, -0.25) is 4.79 Å². The number of carbonyl (C=O) groups excluding carboxylic acids is 1. The van der Waals surface area contributed by atoms with Crippen LogP contribution in [0.5, 0.6) is 11.5 Å². The lowest BCUT2D eigenvalue weighted by Gasteiger charge is -2.38. The number of hydrogen-bond acceptors (Lipinski definition) is 5. The first-order valence-electron chi connectivity index (χ1n) is 7.68. The molecule has 0 spiro atoms. The number of fused-ring (bicyclic) bond motifs is 1. The van der Waals surface area contributed by atoms with Crippen LogP contribution in [-0.2, 0) is 4.74 Å². The molecule has 6 nitrogen and oxygen atoms in total. The maximum absolute atomic E-state index is 12.9. The van der Waals surface area contributed by atoms with E-state index in [1.807, 2.05) is 18.2 Å². The van der Waals surface area contributed by atoms with Gasteiger partial charge >= 0.3 is 0 Å². The number of methoxy groups -OCH3 is 2. The number of benzene rings is 2. The zero-order chi connectivity index (χ0) is 17.1. The van der Waals surface area contributed by atoms with Gasteiger partial charge in [-0.2, -0.15) is 0 Å². The third-order valence-corrected chi connectivity index (χ3v) is 4.10. The van der Waals surface area contributed by atoms with Crippen LogP contribution in [0.3, 0.4) is 0 Å². The molecule has 0 aliphatic carbocycles. The van der Waals surface area contributed by atoms with E-state index in [4.69, 9.17) is 9.47 Å². The fourth-order valence-electron chi connectivity index (χ4n) is 2.88. The second-order valence-electron chi connectivity index (χ2n) is 5.48. The van der Waals surface area contributed by atoms with Crippen molar-refractivity contribution in [1.82, 2.24) is 4.90 Å². The number of rotatable bonds is 5. The van der Waals surface area contributed by atoms with Gasteiger partial charge in [0.05, 0.1) is 19.3 Å². The van der Waals surface area contributed by atoms with Crippen LogP contribution in [0, 0.1) is 0 Å². The molecule has 2 aromatic carbocycles. The number of phenolic OH excluding ortho intramolecular Hbond substituents is 1. The highest BCUT2D eigenvalue weighted by molar-refractivity contribution is 6.01. The Morgan fingerprint density at radius 2 is 1.96 bits per heavy atom.